The van der Waals surface area contributed by atoms with Crippen molar-refractivity contribution >= 4 is 28.4 Å². The topological polar surface area (TPSA) is 99.5 Å². The smallest absolute Gasteiger partial charge is 0.324 e. The molecule has 39 heavy (non-hydrogen) atoms. The molecule has 9 nitrogen and oxygen atoms in total. The Morgan fingerprint density at radius 3 is 2.26 bits per heavy atom. The highest BCUT2D eigenvalue weighted by molar-refractivity contribution is 5.99. The van der Waals surface area contributed by atoms with Gasteiger partial charge < -0.3 is 19.5 Å². The third kappa shape index (κ3) is 5.62. The number of ether oxygens (including phenoxy) is 3. The predicted molar refractivity (Wildman–Crippen MR) is 152 cm³/mol. The van der Waals surface area contributed by atoms with Crippen molar-refractivity contribution in [3.05, 3.63) is 90.8 Å². The quantitative estimate of drug-likeness (QED) is 0.227. The number of hydrogen-bond acceptors (Lipinski definition) is 6. The van der Waals surface area contributed by atoms with E-state index in [9.17, 15) is 4.79 Å². The molecule has 5 aromatic rings. The van der Waals surface area contributed by atoms with Crippen LogP contribution in [0.1, 0.15) is 25.5 Å². The van der Waals surface area contributed by atoms with Gasteiger partial charge in [0.1, 0.15) is 17.3 Å². The molecule has 0 saturated carbocycles. The Morgan fingerprint density at radius 1 is 0.846 bits per heavy atom. The van der Waals surface area contributed by atoms with E-state index in [-0.39, 0.29) is 11.9 Å². The summed E-state index contributed by atoms with van der Waals surface area (Å²) in [5.41, 5.74) is 3.08. The molecule has 2 N–H and O–H groups in total. The molecule has 9 heteroatoms. The molecule has 0 spiro atoms. The van der Waals surface area contributed by atoms with E-state index in [0.29, 0.717) is 34.5 Å². The molecule has 0 aliphatic carbocycles. The molecular formula is C30H29N5O4. The van der Waals surface area contributed by atoms with Crippen LogP contribution >= 0.6 is 0 Å². The number of nitrogens with zero attached hydrogens (tertiary/aromatic N) is 3. The lowest BCUT2D eigenvalue weighted by Crippen LogP contribution is -2.21. The van der Waals surface area contributed by atoms with Crippen molar-refractivity contribution in [1.29, 1.82) is 0 Å². The summed E-state index contributed by atoms with van der Waals surface area (Å²) < 4.78 is 18.7. The van der Waals surface area contributed by atoms with Crippen LogP contribution in [0, 0.1) is 0 Å². The van der Waals surface area contributed by atoms with Crippen LogP contribution < -0.4 is 24.8 Å². The Morgan fingerprint density at radius 2 is 1.56 bits per heavy atom. The van der Waals surface area contributed by atoms with Gasteiger partial charge >= 0.3 is 6.03 Å². The summed E-state index contributed by atoms with van der Waals surface area (Å²) in [4.78, 5) is 17.3. The number of carbonyl (C=O) groups excluding carboxylic acids is 1. The first-order valence-corrected chi connectivity index (χ1v) is 12.5. The molecule has 2 amide bonds. The number of para-hydroxylation sites is 1. The lowest BCUT2D eigenvalue weighted by Gasteiger charge is -2.13. The van der Waals surface area contributed by atoms with Crippen LogP contribution in [0.5, 0.6) is 23.0 Å². The maximum atomic E-state index is 12.9. The third-order valence-electron chi connectivity index (χ3n) is 6.11. The lowest BCUT2D eigenvalue weighted by atomic mass is 10.1. The van der Waals surface area contributed by atoms with Gasteiger partial charge in [-0.3, -0.25) is 10.3 Å². The second-order valence-corrected chi connectivity index (χ2v) is 9.10. The average molecular weight is 524 g/mol. The van der Waals surface area contributed by atoms with E-state index in [4.69, 9.17) is 14.2 Å². The normalized spacial score (nSPS) is 10.9. The number of hydrogen-bond donors (Lipinski definition) is 2. The van der Waals surface area contributed by atoms with Crippen molar-refractivity contribution in [2.75, 3.05) is 24.9 Å². The molecule has 0 atom stereocenters. The highest BCUT2D eigenvalue weighted by atomic mass is 16.5. The molecule has 5 rings (SSSR count). The van der Waals surface area contributed by atoms with Crippen LogP contribution in [0.2, 0.25) is 0 Å². The molecular weight excluding hydrogens is 494 g/mol. The molecule has 2 aromatic heterocycles. The maximum Gasteiger partial charge on any atom is 0.324 e. The SMILES string of the molecule is COc1cc2nccc(Oc3ccc(NC(=O)Nc4cc(C(C)C)nn4-c4ccccc4)cc3)c2cc1OC. The van der Waals surface area contributed by atoms with Gasteiger partial charge in [0.2, 0.25) is 0 Å². The number of methoxy groups -OCH3 is 2. The number of carbonyl (C=O) groups is 1. The summed E-state index contributed by atoms with van der Waals surface area (Å²) in [5.74, 6) is 3.20. The Kier molecular flexibility index (Phi) is 7.31. The minimum atomic E-state index is -0.378. The van der Waals surface area contributed by atoms with Gasteiger partial charge in [-0.1, -0.05) is 32.0 Å². The van der Waals surface area contributed by atoms with Crippen LogP contribution in [0.15, 0.2) is 85.1 Å². The fourth-order valence-electron chi connectivity index (χ4n) is 4.09. The molecule has 0 radical (unpaired) electrons. The van der Waals surface area contributed by atoms with E-state index in [0.717, 1.165) is 22.3 Å². The van der Waals surface area contributed by atoms with Crippen molar-refractivity contribution in [3.8, 4) is 28.7 Å². The van der Waals surface area contributed by atoms with Gasteiger partial charge in [-0.25, -0.2) is 9.48 Å². The second kappa shape index (κ2) is 11.1. The summed E-state index contributed by atoms with van der Waals surface area (Å²) in [6.45, 7) is 4.13. The van der Waals surface area contributed by atoms with Crippen molar-refractivity contribution < 1.29 is 19.0 Å². The number of pyridine rings is 1. The fourth-order valence-corrected chi connectivity index (χ4v) is 4.09. The maximum absolute atomic E-state index is 12.9. The Labute approximate surface area is 226 Å². The van der Waals surface area contributed by atoms with Crippen molar-refractivity contribution in [2.24, 2.45) is 0 Å². The van der Waals surface area contributed by atoms with E-state index in [1.54, 1.807) is 61.5 Å². The Balaban J connectivity index is 1.30. The van der Waals surface area contributed by atoms with Crippen LogP contribution in [-0.2, 0) is 0 Å². The number of benzene rings is 3. The van der Waals surface area contributed by atoms with E-state index in [2.05, 4.69) is 34.6 Å². The van der Waals surface area contributed by atoms with Crippen molar-refractivity contribution in [2.45, 2.75) is 19.8 Å². The fraction of sp³-hybridized carbons (Fsp3) is 0.167. The van der Waals surface area contributed by atoms with Gasteiger partial charge in [0.05, 0.1) is 31.1 Å². The molecule has 0 saturated heterocycles. The van der Waals surface area contributed by atoms with Gasteiger partial charge in [-0.15, -0.1) is 0 Å². The van der Waals surface area contributed by atoms with Crippen LogP contribution in [0.3, 0.4) is 0 Å². The van der Waals surface area contributed by atoms with Gasteiger partial charge in [0.25, 0.3) is 0 Å². The van der Waals surface area contributed by atoms with Crippen molar-refractivity contribution in [3.63, 3.8) is 0 Å². The summed E-state index contributed by atoms with van der Waals surface area (Å²) in [6, 6.07) is 23.7. The minimum Gasteiger partial charge on any atom is -0.493 e. The molecule has 0 bridgehead atoms. The number of urea groups is 1. The van der Waals surface area contributed by atoms with Gasteiger partial charge in [0, 0.05) is 29.4 Å². The highest BCUT2D eigenvalue weighted by Crippen LogP contribution is 2.37. The molecule has 0 unspecified atom stereocenters. The van der Waals surface area contributed by atoms with E-state index in [1.165, 1.54) is 0 Å². The van der Waals surface area contributed by atoms with E-state index < -0.39 is 0 Å². The van der Waals surface area contributed by atoms with E-state index in [1.807, 2.05) is 42.5 Å². The monoisotopic (exact) mass is 523 g/mol. The Bertz CT molecular complexity index is 1600. The highest BCUT2D eigenvalue weighted by Gasteiger charge is 2.15. The van der Waals surface area contributed by atoms with Crippen LogP contribution in [-0.4, -0.2) is 35.0 Å². The zero-order valence-corrected chi connectivity index (χ0v) is 22.1. The minimum absolute atomic E-state index is 0.215. The molecule has 0 aliphatic heterocycles. The summed E-state index contributed by atoms with van der Waals surface area (Å²) in [5, 5.41) is 11.2. The van der Waals surface area contributed by atoms with E-state index >= 15 is 0 Å². The summed E-state index contributed by atoms with van der Waals surface area (Å²) in [6.07, 6.45) is 1.68. The second-order valence-electron chi connectivity index (χ2n) is 9.10. The standard InChI is InChI=1S/C30H29N5O4/c1-19(2)24-18-29(35(34-24)21-8-6-5-7-9-21)33-30(36)32-20-10-12-22(13-11-20)39-26-14-15-31-25-17-28(38-4)27(37-3)16-23(25)26/h5-19H,1-4H3,(H2,32,33,36). The zero-order chi connectivity index (χ0) is 27.4. The van der Waals surface area contributed by atoms with Crippen molar-refractivity contribution in [1.82, 2.24) is 14.8 Å². The average Bonchev–Trinajstić information content (AvgIpc) is 3.38. The number of rotatable bonds is 8. The molecule has 0 fully saturated rings. The number of fused-ring (bicyclic) bond motifs is 1. The van der Waals surface area contributed by atoms with Crippen LogP contribution in [0.25, 0.3) is 16.6 Å². The molecule has 3 aromatic carbocycles. The lowest BCUT2D eigenvalue weighted by molar-refractivity contribution is 0.262. The third-order valence-corrected chi connectivity index (χ3v) is 6.11. The number of amides is 2. The first kappa shape index (κ1) is 25.6. The zero-order valence-electron chi connectivity index (χ0n) is 22.1. The van der Waals surface area contributed by atoms with Crippen LogP contribution in [0.4, 0.5) is 16.3 Å². The summed E-state index contributed by atoms with van der Waals surface area (Å²) in [7, 11) is 3.17. The van der Waals surface area contributed by atoms with Gasteiger partial charge in [-0.2, -0.15) is 5.10 Å². The molecule has 0 aliphatic rings. The predicted octanol–water partition coefficient (Wildman–Crippen LogP) is 7.00. The molecule has 2 heterocycles. The Hall–Kier alpha value is -5.05. The number of anilines is 2. The number of nitrogens with one attached hydrogen (secondary N) is 2. The largest absolute Gasteiger partial charge is 0.493 e. The van der Waals surface area contributed by atoms with Gasteiger partial charge in [-0.05, 0) is 54.4 Å². The van der Waals surface area contributed by atoms with Gasteiger partial charge in [0.15, 0.2) is 11.5 Å². The number of aromatic nitrogens is 3. The first-order valence-electron chi connectivity index (χ1n) is 12.5. The first-order chi connectivity index (χ1) is 18.9. The molecule has 198 valence electrons. The summed E-state index contributed by atoms with van der Waals surface area (Å²) >= 11 is 0.